The van der Waals surface area contributed by atoms with E-state index in [1.165, 1.54) is 5.56 Å². The zero-order valence-electron chi connectivity index (χ0n) is 15.9. The van der Waals surface area contributed by atoms with Crippen molar-refractivity contribution in [1.29, 1.82) is 0 Å². The largest absolute Gasteiger partial charge is 0.496 e. The van der Waals surface area contributed by atoms with E-state index in [1.54, 1.807) is 13.4 Å². The van der Waals surface area contributed by atoms with E-state index in [-0.39, 0.29) is 0 Å². The van der Waals surface area contributed by atoms with Crippen LogP contribution in [0.4, 0.5) is 0 Å². The second-order valence-corrected chi connectivity index (χ2v) is 6.66. The van der Waals surface area contributed by atoms with Gasteiger partial charge in [-0.2, -0.15) is 0 Å². The van der Waals surface area contributed by atoms with E-state index in [0.717, 1.165) is 69.6 Å². The van der Waals surface area contributed by atoms with Crippen molar-refractivity contribution in [2.45, 2.75) is 19.3 Å². The number of furan rings is 1. The molecule has 3 rings (SSSR count). The Morgan fingerprint density at radius 2 is 2.00 bits per heavy atom. The number of ether oxygens (including phenoxy) is 2. The number of benzene rings is 1. The molecule has 6 heteroatoms. The first-order valence-electron chi connectivity index (χ1n) is 9.59. The fraction of sp³-hybridized carbons (Fsp3) is 0.476. The summed E-state index contributed by atoms with van der Waals surface area (Å²) in [6.07, 6.45) is 4.49. The highest BCUT2D eigenvalue weighted by atomic mass is 16.5. The minimum atomic E-state index is 0.517. The molecule has 1 aliphatic rings. The molecule has 1 fully saturated rings. The lowest BCUT2D eigenvalue weighted by molar-refractivity contribution is 0.187. The molecular formula is C21H29N3O3. The third-order valence-corrected chi connectivity index (χ3v) is 4.65. The highest BCUT2D eigenvalue weighted by molar-refractivity contribution is 5.79. The zero-order valence-corrected chi connectivity index (χ0v) is 15.9. The Morgan fingerprint density at radius 1 is 1.15 bits per heavy atom. The number of para-hydroxylation sites is 1. The van der Waals surface area contributed by atoms with Crippen molar-refractivity contribution in [3.63, 3.8) is 0 Å². The maximum absolute atomic E-state index is 5.45. The molecule has 0 aliphatic carbocycles. The predicted molar refractivity (Wildman–Crippen MR) is 106 cm³/mol. The molecule has 0 bridgehead atoms. The maximum atomic E-state index is 5.45. The van der Waals surface area contributed by atoms with E-state index in [4.69, 9.17) is 18.9 Å². The average molecular weight is 371 g/mol. The summed E-state index contributed by atoms with van der Waals surface area (Å²) in [5.41, 5.74) is 1.19. The molecule has 0 amide bonds. The van der Waals surface area contributed by atoms with Crippen LogP contribution in [0.15, 0.2) is 52.1 Å². The summed E-state index contributed by atoms with van der Waals surface area (Å²) < 4.78 is 16.3. The molecule has 146 valence electrons. The number of aliphatic imine (C=N–C) groups is 1. The number of rotatable bonds is 9. The fourth-order valence-corrected chi connectivity index (χ4v) is 3.11. The third-order valence-electron chi connectivity index (χ3n) is 4.65. The van der Waals surface area contributed by atoms with Gasteiger partial charge in [0, 0.05) is 38.6 Å². The molecule has 1 atom stereocenters. The minimum Gasteiger partial charge on any atom is -0.496 e. The number of hydrogen-bond donors (Lipinski definition) is 2. The predicted octanol–water partition coefficient (Wildman–Crippen LogP) is 2.65. The first-order valence-corrected chi connectivity index (χ1v) is 9.59. The normalized spacial score (nSPS) is 17.1. The number of nitrogens with zero attached hydrogens (tertiary/aromatic N) is 1. The summed E-state index contributed by atoms with van der Waals surface area (Å²) >= 11 is 0. The molecule has 1 aromatic carbocycles. The Kier molecular flexibility index (Phi) is 7.59. The molecule has 2 aromatic rings. The number of nitrogens with one attached hydrogen (secondary N) is 2. The van der Waals surface area contributed by atoms with Crippen molar-refractivity contribution in [3.8, 4) is 5.75 Å². The lowest BCUT2D eigenvalue weighted by atomic mass is 10.1. The van der Waals surface area contributed by atoms with Crippen molar-refractivity contribution in [3.05, 3.63) is 54.0 Å². The average Bonchev–Trinajstić information content (AvgIpc) is 3.40. The van der Waals surface area contributed by atoms with E-state index in [1.807, 2.05) is 30.3 Å². The van der Waals surface area contributed by atoms with E-state index in [2.05, 4.69) is 16.7 Å². The van der Waals surface area contributed by atoms with Gasteiger partial charge in [0.15, 0.2) is 5.96 Å². The van der Waals surface area contributed by atoms with E-state index in [9.17, 15) is 0 Å². The van der Waals surface area contributed by atoms with Crippen LogP contribution in [0.1, 0.15) is 17.7 Å². The van der Waals surface area contributed by atoms with Crippen LogP contribution in [0.3, 0.4) is 0 Å². The molecule has 1 aromatic heterocycles. The number of hydrogen-bond acceptors (Lipinski definition) is 4. The SMILES string of the molecule is COc1ccccc1CCNC(=NCC1CCOC1)NCCc1ccco1. The summed E-state index contributed by atoms with van der Waals surface area (Å²) in [6, 6.07) is 12.0. The van der Waals surface area contributed by atoms with Crippen LogP contribution in [0.25, 0.3) is 0 Å². The van der Waals surface area contributed by atoms with Gasteiger partial charge >= 0.3 is 0 Å². The molecule has 1 saturated heterocycles. The number of guanidine groups is 1. The lowest BCUT2D eigenvalue weighted by Crippen LogP contribution is -2.39. The smallest absolute Gasteiger partial charge is 0.191 e. The van der Waals surface area contributed by atoms with Crippen molar-refractivity contribution < 1.29 is 13.9 Å². The van der Waals surface area contributed by atoms with Crippen molar-refractivity contribution in [1.82, 2.24) is 10.6 Å². The highest BCUT2D eigenvalue weighted by Crippen LogP contribution is 2.17. The molecule has 0 saturated carbocycles. The van der Waals surface area contributed by atoms with E-state index in [0.29, 0.717) is 5.92 Å². The standard InChI is InChI=1S/C21H29N3O3/c1-25-20-7-3-2-5-18(20)8-11-22-21(24-15-17-10-14-26-16-17)23-12-9-19-6-4-13-27-19/h2-7,13,17H,8-12,14-16H2,1H3,(H2,22,23,24). The molecule has 1 unspecified atom stereocenters. The van der Waals surface area contributed by atoms with Crippen LogP contribution < -0.4 is 15.4 Å². The Balaban J connectivity index is 1.50. The van der Waals surface area contributed by atoms with Crippen LogP contribution in [-0.2, 0) is 17.6 Å². The van der Waals surface area contributed by atoms with E-state index < -0.39 is 0 Å². The molecule has 0 radical (unpaired) electrons. The highest BCUT2D eigenvalue weighted by Gasteiger charge is 2.15. The van der Waals surface area contributed by atoms with Gasteiger partial charge in [-0.3, -0.25) is 4.99 Å². The van der Waals surface area contributed by atoms with Crippen molar-refractivity contribution in [2.75, 3.05) is 40.0 Å². The van der Waals surface area contributed by atoms with Crippen LogP contribution in [0, 0.1) is 5.92 Å². The summed E-state index contributed by atoms with van der Waals surface area (Å²) in [5, 5.41) is 6.84. The summed E-state index contributed by atoms with van der Waals surface area (Å²) in [7, 11) is 1.71. The van der Waals surface area contributed by atoms with Crippen molar-refractivity contribution in [2.24, 2.45) is 10.9 Å². The van der Waals surface area contributed by atoms with Gasteiger partial charge in [-0.15, -0.1) is 0 Å². The van der Waals surface area contributed by atoms with Gasteiger partial charge in [0.25, 0.3) is 0 Å². The van der Waals surface area contributed by atoms with Gasteiger partial charge in [0.2, 0.25) is 0 Å². The van der Waals surface area contributed by atoms with Gasteiger partial charge in [-0.25, -0.2) is 0 Å². The first kappa shape index (κ1) is 19.3. The Hall–Kier alpha value is -2.47. The molecule has 2 heterocycles. The van der Waals surface area contributed by atoms with Crippen LogP contribution in [0.5, 0.6) is 5.75 Å². The third kappa shape index (κ3) is 6.32. The van der Waals surface area contributed by atoms with Crippen LogP contribution in [-0.4, -0.2) is 45.9 Å². The maximum Gasteiger partial charge on any atom is 0.191 e. The Labute approximate surface area is 161 Å². The first-order chi connectivity index (χ1) is 13.3. The summed E-state index contributed by atoms with van der Waals surface area (Å²) in [4.78, 5) is 4.75. The Bertz CT molecular complexity index is 694. The number of methoxy groups -OCH3 is 1. The van der Waals surface area contributed by atoms with Gasteiger partial charge in [-0.05, 0) is 36.6 Å². The Morgan fingerprint density at radius 3 is 2.74 bits per heavy atom. The van der Waals surface area contributed by atoms with Crippen LogP contribution in [0.2, 0.25) is 0 Å². The van der Waals surface area contributed by atoms with Crippen LogP contribution >= 0.6 is 0 Å². The fourth-order valence-electron chi connectivity index (χ4n) is 3.11. The summed E-state index contributed by atoms with van der Waals surface area (Å²) in [5.74, 6) is 3.25. The molecule has 2 N–H and O–H groups in total. The summed E-state index contributed by atoms with van der Waals surface area (Å²) in [6.45, 7) is 4.00. The van der Waals surface area contributed by atoms with E-state index >= 15 is 0 Å². The van der Waals surface area contributed by atoms with Crippen molar-refractivity contribution >= 4 is 5.96 Å². The monoisotopic (exact) mass is 371 g/mol. The molecule has 1 aliphatic heterocycles. The van der Waals surface area contributed by atoms with Gasteiger partial charge < -0.3 is 24.5 Å². The minimum absolute atomic E-state index is 0.517. The quantitative estimate of drug-likeness (QED) is 0.524. The lowest BCUT2D eigenvalue weighted by Gasteiger charge is -2.14. The molecule has 6 nitrogen and oxygen atoms in total. The molecule has 0 spiro atoms. The second-order valence-electron chi connectivity index (χ2n) is 6.66. The zero-order chi connectivity index (χ0) is 18.7. The van der Waals surface area contributed by atoms with Gasteiger partial charge in [0.05, 0.1) is 20.0 Å². The molecular weight excluding hydrogens is 342 g/mol. The van der Waals surface area contributed by atoms with Gasteiger partial charge in [0.1, 0.15) is 11.5 Å². The molecule has 27 heavy (non-hydrogen) atoms. The second kappa shape index (κ2) is 10.6. The topological polar surface area (TPSA) is 68.0 Å². The van der Waals surface area contributed by atoms with Gasteiger partial charge in [-0.1, -0.05) is 18.2 Å².